The first-order valence-electron chi connectivity index (χ1n) is 6.32. The second kappa shape index (κ2) is 5.40. The number of methoxy groups -OCH3 is 1. The number of hydrogen-bond donors (Lipinski definition) is 2. The van der Waals surface area contributed by atoms with Gasteiger partial charge in [-0.2, -0.15) is 0 Å². The third-order valence-corrected chi connectivity index (χ3v) is 3.76. The van der Waals surface area contributed by atoms with Crippen molar-refractivity contribution in [1.82, 2.24) is 0 Å². The fourth-order valence-electron chi connectivity index (χ4n) is 2.41. The summed E-state index contributed by atoms with van der Waals surface area (Å²) in [5.41, 5.74) is 6.51. The van der Waals surface area contributed by atoms with Crippen molar-refractivity contribution in [3.8, 4) is 5.75 Å². The lowest BCUT2D eigenvalue weighted by Gasteiger charge is -2.40. The molecule has 1 amide bonds. The molecule has 1 saturated carbocycles. The van der Waals surface area contributed by atoms with Crippen LogP contribution < -0.4 is 15.8 Å². The van der Waals surface area contributed by atoms with Crippen molar-refractivity contribution >= 4 is 11.6 Å². The number of carbonyl (C=O) groups is 1. The molecule has 4 heteroatoms. The predicted molar refractivity (Wildman–Crippen MR) is 71.6 cm³/mol. The SMILES string of the molecule is COc1ccccc1NC(=O)CC1(CN)CCC1. The zero-order valence-corrected chi connectivity index (χ0v) is 10.7. The van der Waals surface area contributed by atoms with Gasteiger partial charge in [0.1, 0.15) is 5.75 Å². The fourth-order valence-corrected chi connectivity index (χ4v) is 2.41. The van der Waals surface area contributed by atoms with Gasteiger partial charge in [0.25, 0.3) is 0 Å². The number of ether oxygens (including phenoxy) is 1. The molecule has 0 unspecified atom stereocenters. The third kappa shape index (κ3) is 2.64. The summed E-state index contributed by atoms with van der Waals surface area (Å²) in [5, 5.41) is 2.90. The van der Waals surface area contributed by atoms with Crippen LogP contribution in [0.2, 0.25) is 0 Å². The molecule has 1 aromatic carbocycles. The second-order valence-corrected chi connectivity index (χ2v) is 4.98. The van der Waals surface area contributed by atoms with Crippen molar-refractivity contribution in [3.63, 3.8) is 0 Å². The molecule has 0 bridgehead atoms. The smallest absolute Gasteiger partial charge is 0.225 e. The summed E-state index contributed by atoms with van der Waals surface area (Å²) in [7, 11) is 1.60. The lowest BCUT2D eigenvalue weighted by molar-refractivity contribution is -0.119. The number of nitrogens with one attached hydrogen (secondary N) is 1. The molecule has 0 saturated heterocycles. The summed E-state index contributed by atoms with van der Waals surface area (Å²) >= 11 is 0. The van der Waals surface area contributed by atoms with Crippen molar-refractivity contribution in [3.05, 3.63) is 24.3 Å². The number of anilines is 1. The Bertz CT molecular complexity index is 422. The minimum atomic E-state index is 0.0182. The van der Waals surface area contributed by atoms with Crippen molar-refractivity contribution < 1.29 is 9.53 Å². The van der Waals surface area contributed by atoms with Crippen molar-refractivity contribution in [2.24, 2.45) is 11.1 Å². The van der Waals surface area contributed by atoms with Gasteiger partial charge < -0.3 is 15.8 Å². The van der Waals surface area contributed by atoms with Crippen molar-refractivity contribution in [2.45, 2.75) is 25.7 Å². The summed E-state index contributed by atoms with van der Waals surface area (Å²) in [6.07, 6.45) is 3.80. The van der Waals surface area contributed by atoms with Gasteiger partial charge in [0.2, 0.25) is 5.91 Å². The molecule has 0 aliphatic heterocycles. The number of nitrogens with two attached hydrogens (primary N) is 1. The monoisotopic (exact) mass is 248 g/mol. The molecule has 1 fully saturated rings. The highest BCUT2D eigenvalue weighted by atomic mass is 16.5. The largest absolute Gasteiger partial charge is 0.495 e. The lowest BCUT2D eigenvalue weighted by Crippen LogP contribution is -2.40. The van der Waals surface area contributed by atoms with E-state index in [9.17, 15) is 4.79 Å². The van der Waals surface area contributed by atoms with E-state index in [2.05, 4.69) is 5.32 Å². The first-order valence-corrected chi connectivity index (χ1v) is 6.32. The third-order valence-electron chi connectivity index (χ3n) is 3.76. The van der Waals surface area contributed by atoms with Crippen LogP contribution in [0.4, 0.5) is 5.69 Å². The van der Waals surface area contributed by atoms with E-state index in [0.717, 1.165) is 18.5 Å². The van der Waals surface area contributed by atoms with Gasteiger partial charge in [0.05, 0.1) is 12.8 Å². The predicted octanol–water partition coefficient (Wildman–Crippen LogP) is 2.15. The van der Waals surface area contributed by atoms with Crippen LogP contribution in [0.1, 0.15) is 25.7 Å². The molecule has 0 atom stereocenters. The zero-order valence-electron chi connectivity index (χ0n) is 10.7. The number of hydrogen-bond acceptors (Lipinski definition) is 3. The Morgan fingerprint density at radius 3 is 2.72 bits per heavy atom. The average molecular weight is 248 g/mol. The van der Waals surface area contributed by atoms with Crippen LogP contribution in [0.15, 0.2) is 24.3 Å². The van der Waals surface area contributed by atoms with E-state index in [1.54, 1.807) is 7.11 Å². The number of amides is 1. The Balaban J connectivity index is 1.98. The summed E-state index contributed by atoms with van der Waals surface area (Å²) < 4.78 is 5.20. The summed E-state index contributed by atoms with van der Waals surface area (Å²) in [5.74, 6) is 0.700. The fraction of sp³-hybridized carbons (Fsp3) is 0.500. The number of carbonyl (C=O) groups excluding carboxylic acids is 1. The molecular formula is C14H20N2O2. The van der Waals surface area contributed by atoms with E-state index in [0.29, 0.717) is 18.7 Å². The molecule has 1 aliphatic rings. The Kier molecular flexibility index (Phi) is 3.87. The Morgan fingerprint density at radius 1 is 1.44 bits per heavy atom. The maximum absolute atomic E-state index is 12.0. The highest BCUT2D eigenvalue weighted by Gasteiger charge is 2.37. The zero-order chi connectivity index (χ0) is 13.0. The van der Waals surface area contributed by atoms with Crippen LogP contribution in [-0.2, 0) is 4.79 Å². The van der Waals surface area contributed by atoms with E-state index >= 15 is 0 Å². The van der Waals surface area contributed by atoms with Crippen LogP contribution in [0, 0.1) is 5.41 Å². The Labute approximate surface area is 108 Å². The van der Waals surface area contributed by atoms with Crippen LogP contribution in [0.5, 0.6) is 5.75 Å². The van der Waals surface area contributed by atoms with Gasteiger partial charge >= 0.3 is 0 Å². The Hall–Kier alpha value is -1.55. The molecule has 0 aromatic heterocycles. The molecule has 0 spiro atoms. The molecule has 18 heavy (non-hydrogen) atoms. The van der Waals surface area contributed by atoms with E-state index in [4.69, 9.17) is 10.5 Å². The van der Waals surface area contributed by atoms with Gasteiger partial charge in [-0.3, -0.25) is 4.79 Å². The lowest BCUT2D eigenvalue weighted by atomic mass is 9.66. The van der Waals surface area contributed by atoms with Gasteiger partial charge in [-0.1, -0.05) is 18.6 Å². The quantitative estimate of drug-likeness (QED) is 0.839. The van der Waals surface area contributed by atoms with Crippen molar-refractivity contribution in [2.75, 3.05) is 19.0 Å². The standard InChI is InChI=1S/C14H20N2O2/c1-18-12-6-3-2-5-11(12)16-13(17)9-14(10-15)7-4-8-14/h2-3,5-6H,4,7-10,15H2,1H3,(H,16,17). The number of benzene rings is 1. The molecule has 98 valence electrons. The maximum atomic E-state index is 12.0. The molecule has 0 radical (unpaired) electrons. The van der Waals surface area contributed by atoms with Gasteiger partial charge in [-0.15, -0.1) is 0 Å². The first-order chi connectivity index (χ1) is 8.69. The highest BCUT2D eigenvalue weighted by Crippen LogP contribution is 2.43. The highest BCUT2D eigenvalue weighted by molar-refractivity contribution is 5.92. The van der Waals surface area contributed by atoms with Crippen LogP contribution in [0.3, 0.4) is 0 Å². The van der Waals surface area contributed by atoms with Crippen molar-refractivity contribution in [1.29, 1.82) is 0 Å². The van der Waals surface area contributed by atoms with Gasteiger partial charge in [0, 0.05) is 6.42 Å². The normalized spacial score (nSPS) is 16.8. The van der Waals surface area contributed by atoms with Gasteiger partial charge in [-0.25, -0.2) is 0 Å². The Morgan fingerprint density at radius 2 is 2.17 bits per heavy atom. The maximum Gasteiger partial charge on any atom is 0.225 e. The molecule has 4 nitrogen and oxygen atoms in total. The summed E-state index contributed by atoms with van der Waals surface area (Å²) in [6.45, 7) is 0.590. The molecule has 1 aliphatic carbocycles. The van der Waals surface area contributed by atoms with Crippen LogP contribution in [-0.4, -0.2) is 19.6 Å². The average Bonchev–Trinajstić information content (AvgIpc) is 2.34. The minimum absolute atomic E-state index is 0.0182. The van der Waals surface area contributed by atoms with E-state index in [-0.39, 0.29) is 11.3 Å². The molecular weight excluding hydrogens is 228 g/mol. The van der Waals surface area contributed by atoms with E-state index < -0.39 is 0 Å². The van der Waals surface area contributed by atoms with Crippen LogP contribution >= 0.6 is 0 Å². The topological polar surface area (TPSA) is 64.3 Å². The summed E-state index contributed by atoms with van der Waals surface area (Å²) in [4.78, 5) is 12.0. The summed E-state index contributed by atoms with van der Waals surface area (Å²) in [6, 6.07) is 7.42. The van der Waals surface area contributed by atoms with Gasteiger partial charge in [-0.05, 0) is 36.9 Å². The molecule has 3 N–H and O–H groups in total. The number of rotatable bonds is 5. The number of para-hydroxylation sites is 2. The second-order valence-electron chi connectivity index (χ2n) is 4.98. The molecule has 0 heterocycles. The molecule has 2 rings (SSSR count). The minimum Gasteiger partial charge on any atom is -0.495 e. The first kappa shape index (κ1) is 12.9. The van der Waals surface area contributed by atoms with E-state index in [1.165, 1.54) is 6.42 Å². The van der Waals surface area contributed by atoms with E-state index in [1.807, 2.05) is 24.3 Å². The van der Waals surface area contributed by atoms with Gasteiger partial charge in [0.15, 0.2) is 0 Å². The molecule has 1 aromatic rings. The van der Waals surface area contributed by atoms with Crippen LogP contribution in [0.25, 0.3) is 0 Å².